The Morgan fingerprint density at radius 1 is 1.56 bits per heavy atom. The molecule has 0 radical (unpaired) electrons. The van der Waals surface area contributed by atoms with Crippen molar-refractivity contribution in [3.05, 3.63) is 24.2 Å². The molecule has 1 N–H and O–H groups in total. The molecule has 1 saturated heterocycles. The fraction of sp³-hybridized carbons (Fsp3) is 0.583. The minimum Gasteiger partial charge on any atom is -0.467 e. The number of carbonyl (C=O) groups is 1. The van der Waals surface area contributed by atoms with E-state index in [1.165, 1.54) is 0 Å². The van der Waals surface area contributed by atoms with E-state index in [0.717, 1.165) is 25.1 Å². The lowest BCUT2D eigenvalue weighted by atomic mass is 10.1. The van der Waals surface area contributed by atoms with Crippen molar-refractivity contribution < 1.29 is 9.21 Å². The number of hydrogen-bond donors (Lipinski definition) is 1. The Hall–Kier alpha value is -1.29. The zero-order chi connectivity index (χ0) is 11.4. The summed E-state index contributed by atoms with van der Waals surface area (Å²) in [7, 11) is 1.96. The molecule has 1 aliphatic heterocycles. The Balaban J connectivity index is 1.96. The van der Waals surface area contributed by atoms with E-state index in [0.29, 0.717) is 19.0 Å². The topological polar surface area (TPSA) is 45.5 Å². The first-order valence-corrected chi connectivity index (χ1v) is 5.77. The Morgan fingerprint density at radius 3 is 3.12 bits per heavy atom. The van der Waals surface area contributed by atoms with Crippen molar-refractivity contribution in [2.45, 2.75) is 31.8 Å². The van der Waals surface area contributed by atoms with Crippen molar-refractivity contribution >= 4 is 5.91 Å². The molecule has 1 atom stereocenters. The molecule has 16 heavy (non-hydrogen) atoms. The van der Waals surface area contributed by atoms with Crippen molar-refractivity contribution in [2.24, 2.45) is 0 Å². The molecule has 4 nitrogen and oxygen atoms in total. The van der Waals surface area contributed by atoms with Crippen LogP contribution in [0.15, 0.2) is 22.8 Å². The van der Waals surface area contributed by atoms with Gasteiger partial charge in [-0.1, -0.05) is 0 Å². The number of nitrogens with one attached hydrogen (secondary N) is 1. The summed E-state index contributed by atoms with van der Waals surface area (Å²) in [6, 6.07) is 4.23. The van der Waals surface area contributed by atoms with E-state index < -0.39 is 0 Å². The molecule has 0 aliphatic carbocycles. The highest BCUT2D eigenvalue weighted by atomic mass is 16.3. The third-order valence-electron chi connectivity index (χ3n) is 3.14. The van der Waals surface area contributed by atoms with Crippen molar-refractivity contribution in [1.29, 1.82) is 0 Å². The summed E-state index contributed by atoms with van der Waals surface area (Å²) in [5, 5.41) is 3.24. The molecule has 1 aliphatic rings. The van der Waals surface area contributed by atoms with Gasteiger partial charge < -0.3 is 14.6 Å². The van der Waals surface area contributed by atoms with Crippen LogP contribution in [0.4, 0.5) is 0 Å². The molecule has 1 fully saturated rings. The zero-order valence-electron chi connectivity index (χ0n) is 9.61. The van der Waals surface area contributed by atoms with Gasteiger partial charge in [-0.25, -0.2) is 0 Å². The average molecular weight is 222 g/mol. The van der Waals surface area contributed by atoms with Crippen LogP contribution in [-0.4, -0.2) is 30.4 Å². The van der Waals surface area contributed by atoms with Gasteiger partial charge in [-0.15, -0.1) is 0 Å². The molecular formula is C12H18N2O2. The fourth-order valence-corrected chi connectivity index (χ4v) is 2.08. The second-order valence-corrected chi connectivity index (χ2v) is 4.21. The maximum Gasteiger partial charge on any atom is 0.223 e. The molecule has 88 valence electrons. The molecule has 0 aromatic carbocycles. The molecular weight excluding hydrogens is 204 g/mol. The molecule has 1 aromatic rings. The number of carbonyl (C=O) groups excluding carboxylic acids is 1. The number of furan rings is 1. The highest BCUT2D eigenvalue weighted by Crippen LogP contribution is 2.15. The van der Waals surface area contributed by atoms with Gasteiger partial charge in [0.2, 0.25) is 5.91 Å². The zero-order valence-corrected chi connectivity index (χ0v) is 9.61. The lowest BCUT2D eigenvalue weighted by Gasteiger charge is -2.19. The first-order chi connectivity index (χ1) is 7.79. The van der Waals surface area contributed by atoms with E-state index in [4.69, 9.17) is 4.42 Å². The van der Waals surface area contributed by atoms with Crippen LogP contribution in [0.1, 0.15) is 25.0 Å². The van der Waals surface area contributed by atoms with Crippen LogP contribution < -0.4 is 5.32 Å². The minimum atomic E-state index is 0.231. The Bertz CT molecular complexity index is 335. The molecule has 0 spiro atoms. The highest BCUT2D eigenvalue weighted by Gasteiger charge is 2.21. The van der Waals surface area contributed by atoms with Gasteiger partial charge in [0.1, 0.15) is 5.76 Å². The Kier molecular flexibility index (Phi) is 3.62. The SMILES string of the molecule is CNC1CCC(=O)N(Cc2ccco2)CC1. The minimum absolute atomic E-state index is 0.231. The van der Waals surface area contributed by atoms with Crippen molar-refractivity contribution in [3.63, 3.8) is 0 Å². The average Bonchev–Trinajstić information content (AvgIpc) is 2.73. The van der Waals surface area contributed by atoms with Gasteiger partial charge in [-0.05, 0) is 32.0 Å². The summed E-state index contributed by atoms with van der Waals surface area (Å²) in [5.41, 5.74) is 0. The van der Waals surface area contributed by atoms with Crippen LogP contribution >= 0.6 is 0 Å². The highest BCUT2D eigenvalue weighted by molar-refractivity contribution is 5.76. The molecule has 2 heterocycles. The van der Waals surface area contributed by atoms with Gasteiger partial charge in [0.05, 0.1) is 12.8 Å². The second kappa shape index (κ2) is 5.16. The lowest BCUT2D eigenvalue weighted by molar-refractivity contribution is -0.131. The maximum absolute atomic E-state index is 11.9. The number of amides is 1. The Morgan fingerprint density at radius 2 is 2.44 bits per heavy atom. The molecule has 0 bridgehead atoms. The van der Waals surface area contributed by atoms with E-state index in [1.54, 1.807) is 6.26 Å². The van der Waals surface area contributed by atoms with Gasteiger partial charge in [-0.3, -0.25) is 4.79 Å². The fourth-order valence-electron chi connectivity index (χ4n) is 2.08. The van der Waals surface area contributed by atoms with Gasteiger partial charge in [0, 0.05) is 19.0 Å². The van der Waals surface area contributed by atoms with Gasteiger partial charge in [0.15, 0.2) is 0 Å². The molecule has 0 saturated carbocycles. The van der Waals surface area contributed by atoms with Crippen LogP contribution in [0.5, 0.6) is 0 Å². The smallest absolute Gasteiger partial charge is 0.223 e. The van der Waals surface area contributed by atoms with Gasteiger partial charge in [0.25, 0.3) is 0 Å². The van der Waals surface area contributed by atoms with Crippen LogP contribution in [0.3, 0.4) is 0 Å². The lowest BCUT2D eigenvalue weighted by Crippen LogP contribution is -2.30. The predicted molar refractivity (Wildman–Crippen MR) is 60.8 cm³/mol. The van der Waals surface area contributed by atoms with Crippen molar-refractivity contribution in [3.8, 4) is 0 Å². The second-order valence-electron chi connectivity index (χ2n) is 4.21. The van der Waals surface area contributed by atoms with Gasteiger partial charge >= 0.3 is 0 Å². The first kappa shape index (κ1) is 11.2. The van der Waals surface area contributed by atoms with E-state index in [9.17, 15) is 4.79 Å². The third kappa shape index (κ3) is 2.64. The van der Waals surface area contributed by atoms with Gasteiger partial charge in [-0.2, -0.15) is 0 Å². The largest absolute Gasteiger partial charge is 0.467 e. The number of likely N-dealkylation sites (tertiary alicyclic amines) is 1. The van der Waals surface area contributed by atoms with Crippen LogP contribution in [0.25, 0.3) is 0 Å². The van der Waals surface area contributed by atoms with Crippen molar-refractivity contribution in [1.82, 2.24) is 10.2 Å². The van der Waals surface area contributed by atoms with Crippen LogP contribution in [0.2, 0.25) is 0 Å². The number of hydrogen-bond acceptors (Lipinski definition) is 3. The summed E-state index contributed by atoms with van der Waals surface area (Å²) in [4.78, 5) is 13.7. The molecule has 4 heteroatoms. The molecule has 1 aromatic heterocycles. The van der Waals surface area contributed by atoms with E-state index in [2.05, 4.69) is 5.32 Å². The van der Waals surface area contributed by atoms with Crippen LogP contribution in [0, 0.1) is 0 Å². The molecule has 1 amide bonds. The summed E-state index contributed by atoms with van der Waals surface area (Å²) >= 11 is 0. The number of nitrogens with zero attached hydrogens (tertiary/aromatic N) is 1. The summed E-state index contributed by atoms with van der Waals surface area (Å²) in [5.74, 6) is 1.09. The first-order valence-electron chi connectivity index (χ1n) is 5.77. The normalized spacial score (nSPS) is 22.2. The third-order valence-corrected chi connectivity index (χ3v) is 3.14. The monoisotopic (exact) mass is 222 g/mol. The van der Waals surface area contributed by atoms with Crippen molar-refractivity contribution in [2.75, 3.05) is 13.6 Å². The quantitative estimate of drug-likeness (QED) is 0.840. The number of rotatable bonds is 3. The summed E-state index contributed by atoms with van der Waals surface area (Å²) in [6.45, 7) is 1.41. The Labute approximate surface area is 95.6 Å². The molecule has 2 rings (SSSR count). The summed E-state index contributed by atoms with van der Waals surface area (Å²) in [6.07, 6.45) is 4.23. The van der Waals surface area contributed by atoms with E-state index in [1.807, 2.05) is 24.1 Å². The summed E-state index contributed by atoms with van der Waals surface area (Å²) < 4.78 is 5.27. The molecule has 1 unspecified atom stereocenters. The van der Waals surface area contributed by atoms with E-state index in [-0.39, 0.29) is 5.91 Å². The van der Waals surface area contributed by atoms with E-state index >= 15 is 0 Å². The maximum atomic E-state index is 11.9. The van der Waals surface area contributed by atoms with Crippen LogP contribution in [-0.2, 0) is 11.3 Å². The standard InChI is InChI=1S/C12H18N2O2/c1-13-10-4-5-12(15)14(7-6-10)9-11-3-2-8-16-11/h2-3,8,10,13H,4-7,9H2,1H3. The predicted octanol–water partition coefficient (Wildman–Crippen LogP) is 1.38.